The van der Waals surface area contributed by atoms with E-state index in [2.05, 4.69) is 10.5 Å². The molecule has 1 amide bonds. The van der Waals surface area contributed by atoms with E-state index < -0.39 is 5.91 Å². The zero-order chi connectivity index (χ0) is 18.0. The Bertz CT molecular complexity index is 1040. The second-order valence-corrected chi connectivity index (χ2v) is 5.53. The first-order valence-corrected chi connectivity index (χ1v) is 7.39. The Morgan fingerprint density at radius 2 is 1.88 bits per heavy atom. The average molecular weight is 359 g/mol. The van der Waals surface area contributed by atoms with E-state index in [0.29, 0.717) is 16.0 Å². The van der Waals surface area contributed by atoms with Gasteiger partial charge in [0.2, 0.25) is 5.43 Å². The number of halogens is 1. The molecular formula is C17H11ClN2O5. The van der Waals surface area contributed by atoms with Crippen molar-refractivity contribution in [1.82, 2.24) is 5.43 Å². The van der Waals surface area contributed by atoms with E-state index in [1.807, 2.05) is 0 Å². The highest BCUT2D eigenvalue weighted by Gasteiger charge is 2.09. The first-order valence-electron chi connectivity index (χ1n) is 7.01. The Hall–Kier alpha value is -3.32. The van der Waals surface area contributed by atoms with Crippen molar-refractivity contribution in [1.29, 1.82) is 0 Å². The summed E-state index contributed by atoms with van der Waals surface area (Å²) in [5.74, 6) is -1.20. The standard InChI is InChI=1S/C17H11ClN2O5/c18-11-1-2-15-14(5-11)16(23)10(8-25-15)7-19-20-17(24)9-3-12(21)6-13(22)4-9/h1-8,21-22H,(H,20,24). The number of nitrogens with zero attached hydrogens (tertiary/aromatic N) is 1. The number of carbonyl (C=O) groups excluding carboxylic acids is 1. The van der Waals surface area contributed by atoms with Crippen molar-refractivity contribution in [3.8, 4) is 11.5 Å². The number of hydrogen-bond acceptors (Lipinski definition) is 6. The van der Waals surface area contributed by atoms with Gasteiger partial charge >= 0.3 is 0 Å². The first kappa shape index (κ1) is 16.5. The van der Waals surface area contributed by atoms with Crippen LogP contribution in [0.1, 0.15) is 15.9 Å². The zero-order valence-electron chi connectivity index (χ0n) is 12.6. The maximum atomic E-state index is 12.3. The number of amides is 1. The lowest BCUT2D eigenvalue weighted by Crippen LogP contribution is -2.18. The number of nitrogens with one attached hydrogen (secondary N) is 1. The van der Waals surface area contributed by atoms with Crippen LogP contribution in [0, 0.1) is 0 Å². The monoisotopic (exact) mass is 358 g/mol. The summed E-state index contributed by atoms with van der Waals surface area (Å²) in [4.78, 5) is 24.2. The molecule has 126 valence electrons. The molecule has 3 N–H and O–H groups in total. The lowest BCUT2D eigenvalue weighted by Gasteiger charge is -2.02. The third-order valence-corrected chi connectivity index (χ3v) is 3.53. The van der Waals surface area contributed by atoms with Crippen LogP contribution >= 0.6 is 11.6 Å². The van der Waals surface area contributed by atoms with Gasteiger partial charge in [0, 0.05) is 16.7 Å². The van der Waals surface area contributed by atoms with Gasteiger partial charge < -0.3 is 14.6 Å². The molecule has 0 aliphatic heterocycles. The van der Waals surface area contributed by atoms with Crippen molar-refractivity contribution >= 4 is 34.7 Å². The molecule has 0 spiro atoms. The fraction of sp³-hybridized carbons (Fsp3) is 0. The van der Waals surface area contributed by atoms with Crippen LogP contribution in [0.5, 0.6) is 11.5 Å². The Morgan fingerprint density at radius 1 is 1.16 bits per heavy atom. The minimum atomic E-state index is -0.671. The number of hydrazone groups is 1. The van der Waals surface area contributed by atoms with E-state index in [4.69, 9.17) is 16.0 Å². The van der Waals surface area contributed by atoms with Gasteiger partial charge in [-0.3, -0.25) is 9.59 Å². The molecule has 3 aromatic rings. The van der Waals surface area contributed by atoms with Crippen LogP contribution in [0.3, 0.4) is 0 Å². The fourth-order valence-corrected chi connectivity index (χ4v) is 2.33. The average Bonchev–Trinajstić information content (AvgIpc) is 2.56. The smallest absolute Gasteiger partial charge is 0.271 e. The highest BCUT2D eigenvalue weighted by molar-refractivity contribution is 6.31. The number of benzene rings is 2. The minimum absolute atomic E-state index is 0.00646. The second-order valence-electron chi connectivity index (χ2n) is 5.10. The van der Waals surface area contributed by atoms with Crippen molar-refractivity contribution in [2.75, 3.05) is 0 Å². The molecule has 0 bridgehead atoms. The predicted molar refractivity (Wildman–Crippen MR) is 92.3 cm³/mol. The summed E-state index contributed by atoms with van der Waals surface area (Å²) in [5, 5.41) is 23.1. The van der Waals surface area contributed by atoms with Crippen LogP contribution in [0.4, 0.5) is 0 Å². The lowest BCUT2D eigenvalue weighted by molar-refractivity contribution is 0.0954. The van der Waals surface area contributed by atoms with Crippen LogP contribution in [0.2, 0.25) is 5.02 Å². The molecule has 2 aromatic carbocycles. The summed E-state index contributed by atoms with van der Waals surface area (Å²) >= 11 is 5.87. The summed E-state index contributed by atoms with van der Waals surface area (Å²) in [5.41, 5.74) is 2.35. The van der Waals surface area contributed by atoms with Gasteiger partial charge in [0.1, 0.15) is 23.3 Å². The minimum Gasteiger partial charge on any atom is -0.508 e. The molecule has 0 atom stereocenters. The quantitative estimate of drug-likeness (QED) is 0.492. The molecule has 1 heterocycles. The number of phenols is 2. The predicted octanol–water partition coefficient (Wildman–Crippen LogP) is 2.62. The van der Waals surface area contributed by atoms with Crippen LogP contribution in [-0.4, -0.2) is 22.3 Å². The van der Waals surface area contributed by atoms with Gasteiger partial charge in [0.25, 0.3) is 5.91 Å². The molecule has 25 heavy (non-hydrogen) atoms. The van der Waals surface area contributed by atoms with Gasteiger partial charge in [-0.15, -0.1) is 0 Å². The summed E-state index contributed by atoms with van der Waals surface area (Å²) in [6, 6.07) is 8.08. The third kappa shape index (κ3) is 3.61. The van der Waals surface area contributed by atoms with E-state index >= 15 is 0 Å². The van der Waals surface area contributed by atoms with E-state index in [9.17, 15) is 19.8 Å². The maximum Gasteiger partial charge on any atom is 0.271 e. The fourth-order valence-electron chi connectivity index (χ4n) is 2.16. The molecule has 7 nitrogen and oxygen atoms in total. The van der Waals surface area contributed by atoms with Gasteiger partial charge in [-0.1, -0.05) is 11.6 Å². The maximum absolute atomic E-state index is 12.3. The van der Waals surface area contributed by atoms with Crippen molar-refractivity contribution in [2.24, 2.45) is 5.10 Å². The number of aromatic hydroxyl groups is 2. The number of fused-ring (bicyclic) bond motifs is 1. The summed E-state index contributed by atoms with van der Waals surface area (Å²) < 4.78 is 5.32. The highest BCUT2D eigenvalue weighted by Crippen LogP contribution is 2.20. The second kappa shape index (κ2) is 6.66. The van der Waals surface area contributed by atoms with E-state index in [1.165, 1.54) is 12.3 Å². The van der Waals surface area contributed by atoms with Gasteiger partial charge in [-0.25, -0.2) is 5.43 Å². The summed E-state index contributed by atoms with van der Waals surface area (Å²) in [7, 11) is 0. The first-order chi connectivity index (χ1) is 11.9. The number of carbonyl (C=O) groups is 1. The molecule has 0 fully saturated rings. The van der Waals surface area contributed by atoms with Gasteiger partial charge in [-0.05, 0) is 30.3 Å². The van der Waals surface area contributed by atoms with Gasteiger partial charge in [0.15, 0.2) is 0 Å². The largest absolute Gasteiger partial charge is 0.508 e. The number of phenolic OH excluding ortho intramolecular Hbond substituents is 2. The molecule has 1 aromatic heterocycles. The zero-order valence-corrected chi connectivity index (χ0v) is 13.3. The van der Waals surface area contributed by atoms with Gasteiger partial charge in [-0.2, -0.15) is 5.10 Å². The van der Waals surface area contributed by atoms with E-state index in [-0.39, 0.29) is 28.1 Å². The van der Waals surface area contributed by atoms with Crippen LogP contribution in [0.25, 0.3) is 11.0 Å². The van der Waals surface area contributed by atoms with E-state index in [1.54, 1.807) is 12.1 Å². The lowest BCUT2D eigenvalue weighted by atomic mass is 10.2. The molecular weight excluding hydrogens is 348 g/mol. The third-order valence-electron chi connectivity index (χ3n) is 3.30. The number of rotatable bonds is 3. The topological polar surface area (TPSA) is 112 Å². The molecule has 0 saturated heterocycles. The van der Waals surface area contributed by atoms with Gasteiger partial charge in [0.05, 0.1) is 17.2 Å². The van der Waals surface area contributed by atoms with E-state index in [0.717, 1.165) is 24.4 Å². The van der Waals surface area contributed by atoms with Crippen molar-refractivity contribution in [3.05, 3.63) is 69.0 Å². The molecule has 0 aliphatic rings. The molecule has 8 heteroatoms. The summed E-state index contributed by atoms with van der Waals surface area (Å²) in [6.45, 7) is 0. The Kier molecular flexibility index (Phi) is 4.40. The van der Waals surface area contributed by atoms with Crippen molar-refractivity contribution in [3.63, 3.8) is 0 Å². The van der Waals surface area contributed by atoms with Crippen LogP contribution < -0.4 is 10.9 Å². The molecule has 0 aliphatic carbocycles. The SMILES string of the molecule is O=C(NN=Cc1coc2ccc(Cl)cc2c1=O)c1cc(O)cc(O)c1. The molecule has 3 rings (SSSR count). The van der Waals surface area contributed by atoms with Crippen LogP contribution in [0.15, 0.2) is 57.0 Å². The Labute approximate surface area is 145 Å². The normalized spacial score (nSPS) is 11.1. The number of hydrogen-bond donors (Lipinski definition) is 3. The molecule has 0 unspecified atom stereocenters. The Morgan fingerprint density at radius 3 is 2.60 bits per heavy atom. The van der Waals surface area contributed by atoms with Crippen molar-refractivity contribution < 1.29 is 19.4 Å². The van der Waals surface area contributed by atoms with Crippen molar-refractivity contribution in [2.45, 2.75) is 0 Å². The molecule has 0 radical (unpaired) electrons. The summed E-state index contributed by atoms with van der Waals surface area (Å²) in [6.07, 6.45) is 2.35. The highest BCUT2D eigenvalue weighted by atomic mass is 35.5. The Balaban J connectivity index is 1.82. The molecule has 0 saturated carbocycles. The van der Waals surface area contributed by atoms with Crippen LogP contribution in [-0.2, 0) is 0 Å².